The summed E-state index contributed by atoms with van der Waals surface area (Å²) in [6.45, 7) is 3.82. The molecule has 19 heavy (non-hydrogen) atoms. The first-order valence-electron chi connectivity index (χ1n) is 6.21. The van der Waals surface area contributed by atoms with Crippen molar-refractivity contribution in [2.75, 3.05) is 0 Å². The molecule has 102 valence electrons. The largest absolute Gasteiger partial charge is 0.481 e. The Morgan fingerprint density at radius 2 is 2.16 bits per heavy atom. The van der Waals surface area contributed by atoms with Crippen LogP contribution >= 0.6 is 15.9 Å². The molecule has 4 nitrogen and oxygen atoms in total. The van der Waals surface area contributed by atoms with Crippen molar-refractivity contribution in [3.8, 4) is 0 Å². The first kappa shape index (κ1) is 14.1. The highest BCUT2D eigenvalue weighted by Crippen LogP contribution is 2.40. The van der Waals surface area contributed by atoms with E-state index in [9.17, 15) is 14.7 Å². The Balaban J connectivity index is 2.46. The van der Waals surface area contributed by atoms with Gasteiger partial charge in [0.25, 0.3) is 0 Å². The number of carboxylic acid groups (broad SMARTS) is 1. The van der Waals surface area contributed by atoms with Gasteiger partial charge in [-0.2, -0.15) is 0 Å². The average Bonchev–Trinajstić information content (AvgIpc) is 2.67. The second-order valence-corrected chi connectivity index (χ2v) is 5.96. The molecule has 0 spiro atoms. The van der Waals surface area contributed by atoms with Crippen LogP contribution in [0.15, 0.2) is 28.7 Å². The molecule has 2 rings (SSSR count). The smallest absolute Gasteiger partial charge is 0.309 e. The van der Waals surface area contributed by atoms with Crippen LogP contribution in [0.2, 0.25) is 0 Å². The molecular weight excluding hydrogens is 310 g/mol. The molecule has 0 radical (unpaired) electrons. The third kappa shape index (κ3) is 2.66. The number of nitrogens with zero attached hydrogens (tertiary/aromatic N) is 1. The van der Waals surface area contributed by atoms with Crippen molar-refractivity contribution >= 4 is 27.8 Å². The first-order chi connectivity index (χ1) is 8.91. The van der Waals surface area contributed by atoms with E-state index in [-0.39, 0.29) is 24.4 Å². The van der Waals surface area contributed by atoms with Gasteiger partial charge in [-0.3, -0.25) is 9.59 Å². The van der Waals surface area contributed by atoms with Gasteiger partial charge in [-0.15, -0.1) is 0 Å². The van der Waals surface area contributed by atoms with Crippen molar-refractivity contribution in [2.24, 2.45) is 5.92 Å². The fourth-order valence-electron chi connectivity index (χ4n) is 2.67. The first-order valence-corrected chi connectivity index (χ1v) is 7.00. The van der Waals surface area contributed by atoms with Crippen LogP contribution in [0, 0.1) is 5.92 Å². The summed E-state index contributed by atoms with van der Waals surface area (Å²) in [5, 5.41) is 9.34. The number of carboxylic acids is 1. The maximum atomic E-state index is 12.1. The molecule has 0 saturated carbocycles. The number of likely N-dealkylation sites (tertiary alicyclic amines) is 1. The van der Waals surface area contributed by atoms with Crippen LogP contribution in [-0.4, -0.2) is 27.9 Å². The van der Waals surface area contributed by atoms with Crippen LogP contribution in [0.1, 0.15) is 31.9 Å². The van der Waals surface area contributed by atoms with Gasteiger partial charge in [-0.25, -0.2) is 0 Å². The van der Waals surface area contributed by atoms with Crippen molar-refractivity contribution in [2.45, 2.75) is 32.4 Å². The predicted octanol–water partition coefficient (Wildman–Crippen LogP) is 2.83. The molecule has 1 heterocycles. The van der Waals surface area contributed by atoms with E-state index in [0.717, 1.165) is 10.0 Å². The summed E-state index contributed by atoms with van der Waals surface area (Å²) in [6, 6.07) is 7.10. The minimum Gasteiger partial charge on any atom is -0.481 e. The molecule has 2 atom stereocenters. The van der Waals surface area contributed by atoms with Gasteiger partial charge < -0.3 is 10.0 Å². The molecule has 1 fully saturated rings. The van der Waals surface area contributed by atoms with Crippen molar-refractivity contribution < 1.29 is 14.7 Å². The van der Waals surface area contributed by atoms with Crippen LogP contribution in [0.3, 0.4) is 0 Å². The standard InChI is InChI=1S/C14H16BrNO3/c1-8(2)16-12(17)7-11(14(18)19)13(16)9-4-3-5-10(15)6-9/h3-6,8,11,13H,7H2,1-2H3,(H,18,19). The number of rotatable bonds is 3. The van der Waals surface area contributed by atoms with E-state index in [4.69, 9.17) is 0 Å². The molecule has 1 aromatic rings. The molecule has 0 bridgehead atoms. The van der Waals surface area contributed by atoms with Gasteiger partial charge in [-0.05, 0) is 31.5 Å². The van der Waals surface area contributed by atoms with Crippen molar-refractivity contribution in [3.05, 3.63) is 34.3 Å². The van der Waals surface area contributed by atoms with Crippen LogP contribution in [0.25, 0.3) is 0 Å². The zero-order valence-corrected chi connectivity index (χ0v) is 12.4. The Hall–Kier alpha value is -1.36. The number of halogens is 1. The number of carbonyl (C=O) groups excluding carboxylic acids is 1. The molecule has 2 unspecified atom stereocenters. The van der Waals surface area contributed by atoms with E-state index in [1.807, 2.05) is 38.1 Å². The lowest BCUT2D eigenvalue weighted by atomic mass is 9.93. The molecule has 5 heteroatoms. The van der Waals surface area contributed by atoms with Gasteiger partial charge in [0.1, 0.15) is 0 Å². The topological polar surface area (TPSA) is 57.6 Å². The number of amides is 1. The molecule has 1 amide bonds. The average molecular weight is 326 g/mol. The lowest BCUT2D eigenvalue weighted by Gasteiger charge is -2.30. The quantitative estimate of drug-likeness (QED) is 0.929. The van der Waals surface area contributed by atoms with Crippen molar-refractivity contribution in [1.29, 1.82) is 0 Å². The number of carbonyl (C=O) groups is 2. The fourth-order valence-corrected chi connectivity index (χ4v) is 3.09. The Kier molecular flexibility index (Phi) is 3.94. The van der Waals surface area contributed by atoms with Gasteiger partial charge >= 0.3 is 5.97 Å². The summed E-state index contributed by atoms with van der Waals surface area (Å²) in [7, 11) is 0. The maximum absolute atomic E-state index is 12.1. The Labute approximate surface area is 120 Å². The van der Waals surface area contributed by atoms with E-state index in [1.165, 1.54) is 0 Å². The predicted molar refractivity (Wildman–Crippen MR) is 74.6 cm³/mol. The van der Waals surface area contributed by atoms with Crippen LogP contribution < -0.4 is 0 Å². The Morgan fingerprint density at radius 3 is 2.68 bits per heavy atom. The minimum atomic E-state index is -0.915. The second kappa shape index (κ2) is 5.33. The SMILES string of the molecule is CC(C)N1C(=O)CC(C(=O)O)C1c1cccc(Br)c1. The summed E-state index contributed by atoms with van der Waals surface area (Å²) in [4.78, 5) is 25.1. The van der Waals surface area contributed by atoms with E-state index in [1.54, 1.807) is 4.90 Å². The normalized spacial score (nSPS) is 23.2. The molecule has 1 saturated heterocycles. The van der Waals surface area contributed by atoms with Gasteiger partial charge in [0.15, 0.2) is 0 Å². The van der Waals surface area contributed by atoms with Gasteiger partial charge in [0.05, 0.1) is 12.0 Å². The number of hydrogen-bond acceptors (Lipinski definition) is 2. The lowest BCUT2D eigenvalue weighted by Crippen LogP contribution is -2.36. The maximum Gasteiger partial charge on any atom is 0.309 e. The van der Waals surface area contributed by atoms with Gasteiger partial charge in [-0.1, -0.05) is 28.1 Å². The third-order valence-corrected chi connectivity index (χ3v) is 3.92. The number of aliphatic carboxylic acids is 1. The van der Waals surface area contributed by atoms with Gasteiger partial charge in [0, 0.05) is 16.9 Å². The zero-order chi connectivity index (χ0) is 14.2. The minimum absolute atomic E-state index is 0.0131. The van der Waals surface area contributed by atoms with E-state index in [0.29, 0.717) is 0 Å². The molecule has 1 aromatic carbocycles. The van der Waals surface area contributed by atoms with E-state index in [2.05, 4.69) is 15.9 Å². The van der Waals surface area contributed by atoms with Gasteiger partial charge in [0.2, 0.25) is 5.91 Å². The molecule has 1 aliphatic heterocycles. The Bertz CT molecular complexity index is 515. The monoisotopic (exact) mass is 325 g/mol. The number of hydrogen-bond donors (Lipinski definition) is 1. The van der Waals surface area contributed by atoms with Crippen molar-refractivity contribution in [3.63, 3.8) is 0 Å². The molecular formula is C14H16BrNO3. The summed E-state index contributed by atoms with van der Waals surface area (Å²) < 4.78 is 0.886. The van der Waals surface area contributed by atoms with Crippen LogP contribution in [0.5, 0.6) is 0 Å². The third-order valence-electron chi connectivity index (χ3n) is 3.43. The van der Waals surface area contributed by atoms with E-state index < -0.39 is 11.9 Å². The molecule has 1 N–H and O–H groups in total. The fraction of sp³-hybridized carbons (Fsp3) is 0.429. The van der Waals surface area contributed by atoms with Crippen molar-refractivity contribution in [1.82, 2.24) is 4.90 Å². The van der Waals surface area contributed by atoms with E-state index >= 15 is 0 Å². The summed E-state index contributed by atoms with van der Waals surface area (Å²) in [5.41, 5.74) is 0.862. The highest BCUT2D eigenvalue weighted by molar-refractivity contribution is 9.10. The highest BCUT2D eigenvalue weighted by Gasteiger charge is 2.45. The second-order valence-electron chi connectivity index (χ2n) is 5.04. The zero-order valence-electron chi connectivity index (χ0n) is 10.8. The molecule has 0 aromatic heterocycles. The summed E-state index contributed by atoms with van der Waals surface area (Å²) in [5.74, 6) is -1.68. The molecule has 0 aliphatic carbocycles. The summed E-state index contributed by atoms with van der Waals surface area (Å²) in [6.07, 6.45) is 0.0741. The van der Waals surface area contributed by atoms with Crippen LogP contribution in [0.4, 0.5) is 0 Å². The highest BCUT2D eigenvalue weighted by atomic mass is 79.9. The summed E-state index contributed by atoms with van der Waals surface area (Å²) >= 11 is 3.39. The van der Waals surface area contributed by atoms with Crippen LogP contribution in [-0.2, 0) is 9.59 Å². The molecule has 1 aliphatic rings. The number of benzene rings is 1. The Morgan fingerprint density at radius 1 is 1.47 bits per heavy atom. The lowest BCUT2D eigenvalue weighted by molar-refractivity contribution is -0.142.